The Morgan fingerprint density at radius 1 is 1.19 bits per heavy atom. The van der Waals surface area contributed by atoms with Crippen LogP contribution in [0.25, 0.3) is 0 Å². The fourth-order valence-electron chi connectivity index (χ4n) is 1.31. The average Bonchev–Trinajstić information content (AvgIpc) is 2.45. The summed E-state index contributed by atoms with van der Waals surface area (Å²) in [5.74, 6) is -0.830. The molecule has 0 amide bonds. The van der Waals surface area contributed by atoms with E-state index in [4.69, 9.17) is 0 Å². The number of ketones is 1. The van der Waals surface area contributed by atoms with E-state index in [1.54, 1.807) is 27.0 Å². The Balaban J connectivity index is 2.85. The SMILES string of the molecule is COC(=O)/C(=C/C(=O)C(C)(C)C)N/N=C/c1ccccc1. The molecule has 0 atom stereocenters. The third-order valence-corrected chi connectivity index (χ3v) is 2.62. The smallest absolute Gasteiger partial charge is 0.356 e. The van der Waals surface area contributed by atoms with Crippen LogP contribution in [0.2, 0.25) is 0 Å². The molecule has 1 aromatic carbocycles. The quantitative estimate of drug-likeness (QED) is 0.390. The summed E-state index contributed by atoms with van der Waals surface area (Å²) in [6, 6.07) is 9.38. The van der Waals surface area contributed by atoms with Gasteiger partial charge in [0, 0.05) is 11.5 Å². The molecule has 0 bridgehead atoms. The molecule has 5 nitrogen and oxygen atoms in total. The van der Waals surface area contributed by atoms with E-state index >= 15 is 0 Å². The van der Waals surface area contributed by atoms with Gasteiger partial charge in [-0.1, -0.05) is 51.1 Å². The number of carbonyl (C=O) groups is 2. The van der Waals surface area contributed by atoms with Crippen molar-refractivity contribution in [1.82, 2.24) is 5.43 Å². The van der Waals surface area contributed by atoms with Crippen molar-refractivity contribution in [2.45, 2.75) is 20.8 Å². The van der Waals surface area contributed by atoms with Gasteiger partial charge in [-0.2, -0.15) is 5.10 Å². The van der Waals surface area contributed by atoms with E-state index in [9.17, 15) is 9.59 Å². The first-order valence-electron chi connectivity index (χ1n) is 6.53. The lowest BCUT2D eigenvalue weighted by Crippen LogP contribution is -2.23. The number of nitrogens with zero attached hydrogens (tertiary/aromatic N) is 1. The molecule has 0 fully saturated rings. The maximum Gasteiger partial charge on any atom is 0.356 e. The topological polar surface area (TPSA) is 67.8 Å². The molecule has 1 rings (SSSR count). The molecule has 1 N–H and O–H groups in total. The highest BCUT2D eigenvalue weighted by Crippen LogP contribution is 2.16. The highest BCUT2D eigenvalue weighted by atomic mass is 16.5. The van der Waals surface area contributed by atoms with Crippen molar-refractivity contribution in [1.29, 1.82) is 0 Å². The molecule has 0 aliphatic heterocycles. The van der Waals surface area contributed by atoms with Crippen LogP contribution in [0.5, 0.6) is 0 Å². The summed E-state index contributed by atoms with van der Waals surface area (Å²) in [5.41, 5.74) is 2.85. The first-order valence-corrected chi connectivity index (χ1v) is 6.53. The molecule has 0 unspecified atom stereocenters. The number of benzene rings is 1. The monoisotopic (exact) mass is 288 g/mol. The molecule has 0 radical (unpaired) electrons. The summed E-state index contributed by atoms with van der Waals surface area (Å²) in [7, 11) is 1.25. The first-order chi connectivity index (χ1) is 9.84. The Labute approximate surface area is 124 Å². The Kier molecular flexibility index (Phi) is 5.84. The highest BCUT2D eigenvalue weighted by molar-refractivity contribution is 6.01. The van der Waals surface area contributed by atoms with Crippen LogP contribution in [-0.2, 0) is 14.3 Å². The molecule has 112 valence electrons. The second kappa shape index (κ2) is 7.38. The van der Waals surface area contributed by atoms with Gasteiger partial charge in [-0.15, -0.1) is 0 Å². The zero-order chi connectivity index (χ0) is 15.9. The van der Waals surface area contributed by atoms with Gasteiger partial charge in [0.2, 0.25) is 0 Å². The number of nitrogens with one attached hydrogen (secondary N) is 1. The van der Waals surface area contributed by atoms with Crippen molar-refractivity contribution in [2.75, 3.05) is 7.11 Å². The van der Waals surface area contributed by atoms with Crippen LogP contribution in [0.4, 0.5) is 0 Å². The lowest BCUT2D eigenvalue weighted by atomic mass is 9.90. The summed E-state index contributed by atoms with van der Waals surface area (Å²) in [4.78, 5) is 23.6. The van der Waals surface area contributed by atoms with Crippen LogP contribution in [0, 0.1) is 5.41 Å². The number of allylic oxidation sites excluding steroid dienone is 1. The molecule has 0 aliphatic carbocycles. The van der Waals surface area contributed by atoms with E-state index in [0.29, 0.717) is 0 Å². The minimum absolute atomic E-state index is 0.00426. The Morgan fingerprint density at radius 3 is 2.33 bits per heavy atom. The molecule has 0 aliphatic rings. The van der Waals surface area contributed by atoms with Crippen LogP contribution in [0.1, 0.15) is 26.3 Å². The fourth-order valence-corrected chi connectivity index (χ4v) is 1.31. The molecule has 0 spiro atoms. The zero-order valence-electron chi connectivity index (χ0n) is 12.7. The fraction of sp³-hybridized carbons (Fsp3) is 0.312. The maximum absolute atomic E-state index is 12.0. The number of rotatable bonds is 5. The van der Waals surface area contributed by atoms with Gasteiger partial charge in [-0.05, 0) is 5.56 Å². The number of hydrazone groups is 1. The Hall–Kier alpha value is -2.43. The lowest BCUT2D eigenvalue weighted by molar-refractivity contribution is -0.137. The van der Waals surface area contributed by atoms with Gasteiger partial charge >= 0.3 is 5.97 Å². The van der Waals surface area contributed by atoms with E-state index in [1.165, 1.54) is 13.2 Å². The van der Waals surface area contributed by atoms with Crippen molar-refractivity contribution in [3.05, 3.63) is 47.7 Å². The standard InChI is InChI=1S/C16H20N2O3/c1-16(2,3)14(19)10-13(15(20)21-4)18-17-11-12-8-6-5-7-9-12/h5-11,18H,1-4H3/b13-10-,17-11+. The van der Waals surface area contributed by atoms with Gasteiger partial charge in [0.25, 0.3) is 0 Å². The van der Waals surface area contributed by atoms with E-state index in [2.05, 4.69) is 15.3 Å². The van der Waals surface area contributed by atoms with E-state index in [1.807, 2.05) is 30.3 Å². The van der Waals surface area contributed by atoms with Crippen molar-refractivity contribution in [3.63, 3.8) is 0 Å². The summed E-state index contributed by atoms with van der Waals surface area (Å²) in [6.07, 6.45) is 2.77. The van der Waals surface area contributed by atoms with Crippen LogP contribution < -0.4 is 5.43 Å². The first kappa shape index (κ1) is 16.6. The molecule has 0 saturated heterocycles. The van der Waals surface area contributed by atoms with E-state index in [-0.39, 0.29) is 11.5 Å². The van der Waals surface area contributed by atoms with Gasteiger partial charge in [0.1, 0.15) is 5.70 Å². The summed E-state index contributed by atoms with van der Waals surface area (Å²) < 4.78 is 4.63. The van der Waals surface area contributed by atoms with Crippen molar-refractivity contribution in [2.24, 2.45) is 10.5 Å². The van der Waals surface area contributed by atoms with Crippen molar-refractivity contribution >= 4 is 18.0 Å². The number of carbonyl (C=O) groups excluding carboxylic acids is 2. The predicted molar refractivity (Wildman–Crippen MR) is 81.7 cm³/mol. The maximum atomic E-state index is 12.0. The van der Waals surface area contributed by atoms with Gasteiger partial charge < -0.3 is 4.74 Å². The Morgan fingerprint density at radius 2 is 1.81 bits per heavy atom. The number of hydrogen-bond donors (Lipinski definition) is 1. The van der Waals surface area contributed by atoms with Crippen LogP contribution in [0.3, 0.4) is 0 Å². The largest absolute Gasteiger partial charge is 0.464 e. The van der Waals surface area contributed by atoms with Crippen molar-refractivity contribution < 1.29 is 14.3 Å². The average molecular weight is 288 g/mol. The van der Waals surface area contributed by atoms with Crippen LogP contribution in [-0.4, -0.2) is 25.1 Å². The normalized spacial score (nSPS) is 12.3. The lowest BCUT2D eigenvalue weighted by Gasteiger charge is -2.14. The predicted octanol–water partition coefficient (Wildman–Crippen LogP) is 2.28. The van der Waals surface area contributed by atoms with Crippen molar-refractivity contribution in [3.8, 4) is 0 Å². The van der Waals surface area contributed by atoms with Gasteiger partial charge in [-0.3, -0.25) is 10.2 Å². The number of ether oxygens (including phenoxy) is 1. The van der Waals surface area contributed by atoms with E-state index < -0.39 is 11.4 Å². The minimum atomic E-state index is -0.641. The van der Waals surface area contributed by atoms with E-state index in [0.717, 1.165) is 5.56 Å². The third kappa shape index (κ3) is 5.60. The van der Waals surface area contributed by atoms with Crippen LogP contribution >= 0.6 is 0 Å². The molecule has 0 aromatic heterocycles. The molecular formula is C16H20N2O3. The molecular weight excluding hydrogens is 268 g/mol. The Bertz CT molecular complexity index is 555. The molecule has 1 aromatic rings. The summed E-state index contributed by atoms with van der Waals surface area (Å²) in [5, 5.41) is 3.95. The number of hydrogen-bond acceptors (Lipinski definition) is 5. The molecule has 5 heteroatoms. The minimum Gasteiger partial charge on any atom is -0.464 e. The number of methoxy groups -OCH3 is 1. The zero-order valence-corrected chi connectivity index (χ0v) is 12.7. The molecule has 0 heterocycles. The molecule has 0 saturated carbocycles. The van der Waals surface area contributed by atoms with Gasteiger partial charge in [0.05, 0.1) is 13.3 Å². The summed E-state index contributed by atoms with van der Waals surface area (Å²) in [6.45, 7) is 5.32. The third-order valence-electron chi connectivity index (χ3n) is 2.62. The number of esters is 1. The highest BCUT2D eigenvalue weighted by Gasteiger charge is 2.21. The second-order valence-corrected chi connectivity index (χ2v) is 5.44. The van der Waals surface area contributed by atoms with Gasteiger partial charge in [0.15, 0.2) is 5.78 Å². The van der Waals surface area contributed by atoms with Crippen LogP contribution in [0.15, 0.2) is 47.2 Å². The summed E-state index contributed by atoms with van der Waals surface area (Å²) >= 11 is 0. The second-order valence-electron chi connectivity index (χ2n) is 5.44. The molecule has 21 heavy (non-hydrogen) atoms. The van der Waals surface area contributed by atoms with Gasteiger partial charge in [-0.25, -0.2) is 4.79 Å².